The summed E-state index contributed by atoms with van der Waals surface area (Å²) in [6, 6.07) is 17.5. The van der Waals surface area contributed by atoms with Gasteiger partial charge in [-0.05, 0) is 74.2 Å². The summed E-state index contributed by atoms with van der Waals surface area (Å²) in [5, 5.41) is 0. The molecule has 0 N–H and O–H groups in total. The summed E-state index contributed by atoms with van der Waals surface area (Å²) in [7, 11) is 0. The van der Waals surface area contributed by atoms with Crippen LogP contribution in [0.5, 0.6) is 11.5 Å². The van der Waals surface area contributed by atoms with E-state index in [0.29, 0.717) is 18.5 Å². The van der Waals surface area contributed by atoms with Gasteiger partial charge in [-0.25, -0.2) is 4.79 Å². The monoisotopic (exact) mass is 624 g/mol. The van der Waals surface area contributed by atoms with Crippen molar-refractivity contribution in [3.8, 4) is 11.5 Å². The number of hydrogen-bond donors (Lipinski definition) is 0. The normalized spacial score (nSPS) is 14.6. The second kappa shape index (κ2) is 13.1. The predicted octanol–water partition coefficient (Wildman–Crippen LogP) is 7.65. The van der Waals surface area contributed by atoms with E-state index in [4.69, 9.17) is 4.74 Å². The lowest BCUT2D eigenvalue weighted by atomic mass is 9.82. The third kappa shape index (κ3) is 7.74. The molecule has 2 amide bonds. The first-order valence-corrected chi connectivity index (χ1v) is 13.7. The minimum absolute atomic E-state index is 0.113. The van der Waals surface area contributed by atoms with Crippen LogP contribution in [0.4, 0.5) is 36.8 Å². The number of piperidine rings is 1. The van der Waals surface area contributed by atoms with Gasteiger partial charge in [0.25, 0.3) is 0 Å². The molecule has 0 spiro atoms. The minimum Gasteiger partial charge on any atom is -0.466 e. The van der Waals surface area contributed by atoms with Crippen molar-refractivity contribution in [2.24, 2.45) is 5.92 Å². The summed E-state index contributed by atoms with van der Waals surface area (Å²) in [5.74, 6) is -1.95. The van der Waals surface area contributed by atoms with Gasteiger partial charge in [0.2, 0.25) is 0 Å². The van der Waals surface area contributed by atoms with Crippen molar-refractivity contribution in [3.63, 3.8) is 0 Å². The number of esters is 1. The van der Waals surface area contributed by atoms with E-state index in [9.17, 15) is 35.9 Å². The molecular formula is C31H30F6N2O5. The number of anilines is 1. The maximum Gasteiger partial charge on any atom is 0.573 e. The minimum atomic E-state index is -5.02. The lowest BCUT2D eigenvalue weighted by molar-refractivity contribution is -0.275. The number of benzene rings is 3. The maximum absolute atomic E-state index is 14.4. The Kier molecular flexibility index (Phi) is 9.65. The largest absolute Gasteiger partial charge is 0.573 e. The first-order chi connectivity index (χ1) is 20.7. The predicted molar refractivity (Wildman–Crippen MR) is 148 cm³/mol. The lowest BCUT2D eigenvalue weighted by Gasteiger charge is -2.45. The van der Waals surface area contributed by atoms with Crippen LogP contribution in [0.3, 0.4) is 0 Å². The highest BCUT2D eigenvalue weighted by atomic mass is 19.4. The van der Waals surface area contributed by atoms with E-state index in [2.05, 4.69) is 9.47 Å². The molecule has 1 fully saturated rings. The fourth-order valence-corrected chi connectivity index (χ4v) is 5.26. The second-order valence-corrected chi connectivity index (χ2v) is 10.2. The Morgan fingerprint density at radius 3 is 1.75 bits per heavy atom. The highest BCUT2D eigenvalue weighted by Gasteiger charge is 2.44. The summed E-state index contributed by atoms with van der Waals surface area (Å²) < 4.78 is 92.5. The van der Waals surface area contributed by atoms with Crippen molar-refractivity contribution in [2.75, 3.05) is 24.6 Å². The first-order valence-electron chi connectivity index (χ1n) is 13.7. The van der Waals surface area contributed by atoms with Crippen LogP contribution >= 0.6 is 0 Å². The molecule has 236 valence electrons. The van der Waals surface area contributed by atoms with Crippen molar-refractivity contribution in [2.45, 2.75) is 45.0 Å². The van der Waals surface area contributed by atoms with Crippen molar-refractivity contribution < 1.29 is 50.1 Å². The van der Waals surface area contributed by atoms with E-state index >= 15 is 0 Å². The van der Waals surface area contributed by atoms with Crippen LogP contribution in [0.15, 0.2) is 78.9 Å². The highest BCUT2D eigenvalue weighted by molar-refractivity contribution is 5.95. The van der Waals surface area contributed by atoms with E-state index in [1.54, 1.807) is 37.3 Å². The van der Waals surface area contributed by atoms with Crippen LogP contribution in [0.25, 0.3) is 0 Å². The van der Waals surface area contributed by atoms with Gasteiger partial charge in [0.1, 0.15) is 11.5 Å². The topological polar surface area (TPSA) is 68.3 Å². The zero-order valence-corrected chi connectivity index (χ0v) is 23.8. The molecule has 4 rings (SSSR count). The number of carbonyl (C=O) groups is 2. The molecule has 1 saturated heterocycles. The molecule has 13 heteroatoms. The van der Waals surface area contributed by atoms with Gasteiger partial charge >= 0.3 is 24.7 Å². The fourth-order valence-electron chi connectivity index (χ4n) is 5.26. The van der Waals surface area contributed by atoms with Crippen LogP contribution in [0, 0.1) is 5.92 Å². The molecule has 0 aliphatic carbocycles. The quantitative estimate of drug-likeness (QED) is 0.190. The molecule has 0 radical (unpaired) electrons. The third-order valence-electron chi connectivity index (χ3n) is 7.30. The average molecular weight is 625 g/mol. The van der Waals surface area contributed by atoms with Gasteiger partial charge in [0, 0.05) is 18.8 Å². The van der Waals surface area contributed by atoms with Crippen LogP contribution < -0.4 is 14.4 Å². The van der Waals surface area contributed by atoms with Crippen LogP contribution in [0.1, 0.15) is 37.8 Å². The molecule has 0 aromatic heterocycles. The molecule has 0 atom stereocenters. The van der Waals surface area contributed by atoms with Gasteiger partial charge in [-0.3, -0.25) is 9.69 Å². The van der Waals surface area contributed by atoms with Crippen LogP contribution in [-0.2, 0) is 15.1 Å². The van der Waals surface area contributed by atoms with E-state index in [0.717, 1.165) is 24.3 Å². The Morgan fingerprint density at radius 2 is 1.30 bits per heavy atom. The van der Waals surface area contributed by atoms with Gasteiger partial charge < -0.3 is 19.1 Å². The molecule has 1 aliphatic rings. The second-order valence-electron chi connectivity index (χ2n) is 10.2. The molecule has 44 heavy (non-hydrogen) atoms. The number of urea groups is 1. The third-order valence-corrected chi connectivity index (χ3v) is 7.30. The average Bonchev–Trinajstić information content (AvgIpc) is 2.96. The van der Waals surface area contributed by atoms with Gasteiger partial charge in [0.05, 0.1) is 18.1 Å². The van der Waals surface area contributed by atoms with E-state index < -0.39 is 41.7 Å². The number of alkyl halides is 6. The van der Waals surface area contributed by atoms with Crippen molar-refractivity contribution >= 4 is 17.7 Å². The molecule has 0 unspecified atom stereocenters. The Hall–Kier alpha value is -4.42. The molecular weight excluding hydrogens is 594 g/mol. The smallest absolute Gasteiger partial charge is 0.466 e. The molecule has 3 aromatic rings. The lowest BCUT2D eigenvalue weighted by Crippen LogP contribution is -2.55. The van der Waals surface area contributed by atoms with Crippen LogP contribution in [-0.4, -0.2) is 49.3 Å². The fraction of sp³-hybridized carbons (Fsp3) is 0.355. The Balaban J connectivity index is 1.86. The SMILES string of the molecule is CCOC(=O)C1CCN(C(=O)N(c2ccccc2)C(C)(c2cccc(OC(F)(F)F)c2)c2cccc(OC(F)(F)F)c2)CC1. The summed E-state index contributed by atoms with van der Waals surface area (Å²) in [6.07, 6.45) is -9.41. The molecule has 0 bridgehead atoms. The van der Waals surface area contributed by atoms with Gasteiger partial charge in [-0.2, -0.15) is 0 Å². The van der Waals surface area contributed by atoms with Gasteiger partial charge in [-0.15, -0.1) is 26.3 Å². The summed E-state index contributed by atoms with van der Waals surface area (Å²) in [5.41, 5.74) is -1.16. The standard InChI is InChI=1S/C31H30F6N2O5/c1-3-42-27(40)21-15-17-38(18-16-21)28(41)39(24-11-5-4-6-12-24)29(2,22-9-7-13-25(19-22)43-30(32,33)34)23-10-8-14-26(20-23)44-31(35,36)37/h4-14,19-21H,3,15-18H2,1-2H3. The number of para-hydroxylation sites is 1. The number of carbonyl (C=O) groups excluding carboxylic acids is 2. The number of ether oxygens (including phenoxy) is 3. The van der Waals surface area contributed by atoms with Crippen LogP contribution in [0.2, 0.25) is 0 Å². The molecule has 0 saturated carbocycles. The number of amides is 2. The van der Waals surface area contributed by atoms with E-state index in [-0.39, 0.29) is 36.8 Å². The van der Waals surface area contributed by atoms with E-state index in [1.165, 1.54) is 41.0 Å². The Morgan fingerprint density at radius 1 is 0.795 bits per heavy atom. The summed E-state index contributed by atoms with van der Waals surface area (Å²) >= 11 is 0. The van der Waals surface area contributed by atoms with Gasteiger partial charge in [0.15, 0.2) is 0 Å². The Bertz CT molecular complexity index is 1380. The van der Waals surface area contributed by atoms with Crippen molar-refractivity contribution in [1.82, 2.24) is 4.90 Å². The number of halogens is 6. The van der Waals surface area contributed by atoms with Gasteiger partial charge in [-0.1, -0.05) is 42.5 Å². The number of likely N-dealkylation sites (tertiary alicyclic amines) is 1. The zero-order chi connectivity index (χ0) is 32.1. The molecule has 1 aliphatic heterocycles. The van der Waals surface area contributed by atoms with E-state index in [1.807, 2.05) is 0 Å². The summed E-state index contributed by atoms with van der Waals surface area (Å²) in [4.78, 5) is 29.5. The number of hydrogen-bond acceptors (Lipinski definition) is 5. The zero-order valence-electron chi connectivity index (χ0n) is 23.8. The molecule has 7 nitrogen and oxygen atoms in total. The Labute approximate surface area is 249 Å². The number of nitrogens with zero attached hydrogens (tertiary/aromatic N) is 2. The molecule has 3 aromatic carbocycles. The first kappa shape index (κ1) is 32.5. The maximum atomic E-state index is 14.4. The molecule has 1 heterocycles. The van der Waals surface area contributed by atoms with Crippen molar-refractivity contribution in [1.29, 1.82) is 0 Å². The van der Waals surface area contributed by atoms with Crippen molar-refractivity contribution in [3.05, 3.63) is 90.0 Å². The highest BCUT2D eigenvalue weighted by Crippen LogP contribution is 2.43. The summed E-state index contributed by atoms with van der Waals surface area (Å²) in [6.45, 7) is 3.75. The number of rotatable bonds is 8.